The lowest BCUT2D eigenvalue weighted by molar-refractivity contribution is -0.148. The fourth-order valence-corrected chi connectivity index (χ4v) is 2.57. The van der Waals surface area contributed by atoms with E-state index in [1.807, 2.05) is 0 Å². The van der Waals surface area contributed by atoms with E-state index in [9.17, 15) is 9.59 Å². The SMILES string of the molecule is CN(Cc1ccoc1)C(=O)[C@@H]1CCC[C@@H]1C(=O)O. The van der Waals surface area contributed by atoms with Crippen LogP contribution in [0.2, 0.25) is 0 Å². The number of aliphatic carboxylic acids is 1. The molecule has 1 aliphatic rings. The second kappa shape index (κ2) is 5.25. The molecule has 0 radical (unpaired) electrons. The Hall–Kier alpha value is -1.78. The molecule has 0 unspecified atom stereocenters. The molecule has 1 fully saturated rings. The standard InChI is InChI=1S/C13H17NO4/c1-14(7-9-5-6-18-8-9)12(15)10-3-2-4-11(10)13(16)17/h5-6,8,10-11H,2-4,7H2,1H3,(H,16,17)/t10-,11+/m1/s1. The number of hydrogen-bond donors (Lipinski definition) is 1. The Morgan fingerprint density at radius 3 is 2.78 bits per heavy atom. The minimum absolute atomic E-state index is 0.0823. The number of amides is 1. The van der Waals surface area contributed by atoms with Crippen LogP contribution in [-0.2, 0) is 16.1 Å². The molecule has 1 heterocycles. The zero-order valence-corrected chi connectivity index (χ0v) is 10.3. The molecule has 0 spiro atoms. The number of carboxylic acids is 1. The molecule has 0 saturated heterocycles. The van der Waals surface area contributed by atoms with Gasteiger partial charge in [0.25, 0.3) is 0 Å². The molecule has 1 saturated carbocycles. The summed E-state index contributed by atoms with van der Waals surface area (Å²) < 4.78 is 4.95. The minimum atomic E-state index is -0.859. The summed E-state index contributed by atoms with van der Waals surface area (Å²) in [5, 5.41) is 9.09. The zero-order valence-electron chi connectivity index (χ0n) is 10.3. The van der Waals surface area contributed by atoms with E-state index in [1.54, 1.807) is 30.5 Å². The van der Waals surface area contributed by atoms with E-state index in [4.69, 9.17) is 9.52 Å². The summed E-state index contributed by atoms with van der Waals surface area (Å²) in [7, 11) is 1.70. The fourth-order valence-electron chi connectivity index (χ4n) is 2.57. The first-order chi connectivity index (χ1) is 8.59. The van der Waals surface area contributed by atoms with Gasteiger partial charge in [-0.15, -0.1) is 0 Å². The molecule has 0 bridgehead atoms. The van der Waals surface area contributed by atoms with Gasteiger partial charge in [0, 0.05) is 19.2 Å². The molecule has 18 heavy (non-hydrogen) atoms. The average Bonchev–Trinajstić information content (AvgIpc) is 2.97. The van der Waals surface area contributed by atoms with Gasteiger partial charge in [0.15, 0.2) is 0 Å². The van der Waals surface area contributed by atoms with Crippen molar-refractivity contribution in [3.8, 4) is 0 Å². The minimum Gasteiger partial charge on any atom is -0.481 e. The molecule has 1 N–H and O–H groups in total. The topological polar surface area (TPSA) is 70.8 Å². The maximum atomic E-state index is 12.2. The number of hydrogen-bond acceptors (Lipinski definition) is 3. The van der Waals surface area contributed by atoms with Crippen molar-refractivity contribution in [1.29, 1.82) is 0 Å². The molecular formula is C13H17NO4. The highest BCUT2D eigenvalue weighted by molar-refractivity contribution is 5.85. The van der Waals surface area contributed by atoms with Crippen LogP contribution in [0.3, 0.4) is 0 Å². The van der Waals surface area contributed by atoms with E-state index in [1.165, 1.54) is 0 Å². The van der Waals surface area contributed by atoms with Crippen molar-refractivity contribution in [2.75, 3.05) is 7.05 Å². The van der Waals surface area contributed by atoms with Gasteiger partial charge in [0.1, 0.15) is 0 Å². The molecule has 1 aromatic rings. The monoisotopic (exact) mass is 251 g/mol. The molecule has 2 rings (SSSR count). The van der Waals surface area contributed by atoms with Crippen LogP contribution in [0.25, 0.3) is 0 Å². The van der Waals surface area contributed by atoms with Gasteiger partial charge in [-0.25, -0.2) is 0 Å². The van der Waals surface area contributed by atoms with Crippen LogP contribution >= 0.6 is 0 Å². The smallest absolute Gasteiger partial charge is 0.307 e. The van der Waals surface area contributed by atoms with Crippen LogP contribution < -0.4 is 0 Å². The third kappa shape index (κ3) is 2.55. The van der Waals surface area contributed by atoms with E-state index in [-0.39, 0.29) is 11.8 Å². The van der Waals surface area contributed by atoms with E-state index in [0.717, 1.165) is 12.0 Å². The van der Waals surface area contributed by atoms with E-state index in [2.05, 4.69) is 0 Å². The molecule has 98 valence electrons. The molecule has 5 heteroatoms. The van der Waals surface area contributed by atoms with Crippen molar-refractivity contribution in [3.63, 3.8) is 0 Å². The Bertz CT molecular complexity index is 426. The van der Waals surface area contributed by atoms with Crippen molar-refractivity contribution in [1.82, 2.24) is 4.90 Å². The first kappa shape index (κ1) is 12.7. The lowest BCUT2D eigenvalue weighted by Gasteiger charge is -2.22. The third-order valence-electron chi connectivity index (χ3n) is 3.53. The Kier molecular flexibility index (Phi) is 3.69. The van der Waals surface area contributed by atoms with Crippen molar-refractivity contribution < 1.29 is 19.1 Å². The number of carbonyl (C=O) groups is 2. The number of carboxylic acid groups (broad SMARTS) is 1. The van der Waals surface area contributed by atoms with E-state index in [0.29, 0.717) is 19.4 Å². The maximum absolute atomic E-state index is 12.2. The Balaban J connectivity index is 1.99. The van der Waals surface area contributed by atoms with Gasteiger partial charge in [-0.2, -0.15) is 0 Å². The second-order valence-corrected chi connectivity index (χ2v) is 4.81. The number of nitrogens with zero attached hydrogens (tertiary/aromatic N) is 1. The predicted octanol–water partition coefficient (Wildman–Crippen LogP) is 1.74. The summed E-state index contributed by atoms with van der Waals surface area (Å²) in [4.78, 5) is 24.9. The number of rotatable bonds is 4. The van der Waals surface area contributed by atoms with Crippen LogP contribution in [0.1, 0.15) is 24.8 Å². The molecule has 1 aliphatic carbocycles. The number of carbonyl (C=O) groups excluding carboxylic acids is 1. The van der Waals surface area contributed by atoms with Gasteiger partial charge in [-0.05, 0) is 18.9 Å². The predicted molar refractivity (Wildman–Crippen MR) is 63.6 cm³/mol. The molecule has 1 aromatic heterocycles. The Morgan fingerprint density at radius 2 is 2.17 bits per heavy atom. The van der Waals surface area contributed by atoms with Crippen molar-refractivity contribution >= 4 is 11.9 Å². The highest BCUT2D eigenvalue weighted by Gasteiger charge is 2.38. The molecule has 0 aromatic carbocycles. The second-order valence-electron chi connectivity index (χ2n) is 4.81. The summed E-state index contributed by atoms with van der Waals surface area (Å²) >= 11 is 0. The molecule has 5 nitrogen and oxygen atoms in total. The fraction of sp³-hybridized carbons (Fsp3) is 0.538. The summed E-state index contributed by atoms with van der Waals surface area (Å²) in [6, 6.07) is 1.80. The Labute approximate surface area is 105 Å². The molecule has 0 aliphatic heterocycles. The zero-order chi connectivity index (χ0) is 13.1. The molecular weight excluding hydrogens is 234 g/mol. The van der Waals surface area contributed by atoms with Gasteiger partial charge in [-0.3, -0.25) is 9.59 Å². The first-order valence-electron chi connectivity index (χ1n) is 6.08. The summed E-state index contributed by atoms with van der Waals surface area (Å²) in [5.74, 6) is -1.84. The molecule has 1 amide bonds. The summed E-state index contributed by atoms with van der Waals surface area (Å²) in [6.45, 7) is 0.457. The van der Waals surface area contributed by atoms with E-state index >= 15 is 0 Å². The Morgan fingerprint density at radius 1 is 1.44 bits per heavy atom. The average molecular weight is 251 g/mol. The third-order valence-corrected chi connectivity index (χ3v) is 3.53. The highest BCUT2D eigenvalue weighted by atomic mass is 16.4. The molecule has 2 atom stereocenters. The largest absolute Gasteiger partial charge is 0.481 e. The van der Waals surface area contributed by atoms with Crippen molar-refractivity contribution in [2.24, 2.45) is 11.8 Å². The lowest BCUT2D eigenvalue weighted by atomic mass is 9.95. The highest BCUT2D eigenvalue weighted by Crippen LogP contribution is 2.33. The van der Waals surface area contributed by atoms with Gasteiger partial charge in [0.05, 0.1) is 24.4 Å². The van der Waals surface area contributed by atoms with Crippen LogP contribution in [0.5, 0.6) is 0 Å². The summed E-state index contributed by atoms with van der Waals surface area (Å²) in [6.07, 6.45) is 5.24. The van der Waals surface area contributed by atoms with Crippen LogP contribution in [-0.4, -0.2) is 28.9 Å². The normalized spacial score (nSPS) is 22.9. The van der Waals surface area contributed by atoms with Crippen LogP contribution in [0, 0.1) is 11.8 Å². The van der Waals surface area contributed by atoms with Gasteiger partial charge in [0.2, 0.25) is 5.91 Å². The van der Waals surface area contributed by atoms with Gasteiger partial charge < -0.3 is 14.4 Å². The van der Waals surface area contributed by atoms with Gasteiger partial charge >= 0.3 is 5.97 Å². The van der Waals surface area contributed by atoms with Gasteiger partial charge in [-0.1, -0.05) is 6.42 Å². The van der Waals surface area contributed by atoms with E-state index < -0.39 is 11.9 Å². The van der Waals surface area contributed by atoms with Crippen LogP contribution in [0.4, 0.5) is 0 Å². The van der Waals surface area contributed by atoms with Crippen molar-refractivity contribution in [2.45, 2.75) is 25.8 Å². The maximum Gasteiger partial charge on any atom is 0.307 e. The van der Waals surface area contributed by atoms with Crippen molar-refractivity contribution in [3.05, 3.63) is 24.2 Å². The first-order valence-corrected chi connectivity index (χ1v) is 6.08. The summed E-state index contributed by atoms with van der Waals surface area (Å²) in [5.41, 5.74) is 0.913. The van der Waals surface area contributed by atoms with Crippen LogP contribution in [0.15, 0.2) is 23.0 Å². The lowest BCUT2D eigenvalue weighted by Crippen LogP contribution is -2.36. The quantitative estimate of drug-likeness (QED) is 0.884. The number of furan rings is 1.